The van der Waals surface area contributed by atoms with Gasteiger partial charge in [0.15, 0.2) is 0 Å². The summed E-state index contributed by atoms with van der Waals surface area (Å²) in [7, 11) is -2.31. The topological polar surface area (TPSA) is 35.5 Å². The minimum atomic E-state index is -2.31. The van der Waals surface area contributed by atoms with Crippen molar-refractivity contribution < 1.29 is 13.6 Å². The van der Waals surface area contributed by atoms with Gasteiger partial charge in [-0.25, -0.2) is 0 Å². The van der Waals surface area contributed by atoms with Crippen molar-refractivity contribution in [1.82, 2.24) is 0 Å². The first-order chi connectivity index (χ1) is 7.70. The van der Waals surface area contributed by atoms with Crippen LogP contribution in [-0.2, 0) is 13.6 Å². The monoisotopic (exact) mass is 246 g/mol. The molecule has 0 saturated heterocycles. The number of carbonyl (C=O) groups is 1. The SMILES string of the molecule is CCCC(C=O)[Si](CCC)(OCC)OCC. The molecule has 0 bridgehead atoms. The number of aldehydes is 1. The minimum Gasteiger partial charge on any atom is -0.394 e. The molecule has 0 amide bonds. The maximum Gasteiger partial charge on any atom is 0.348 e. The summed E-state index contributed by atoms with van der Waals surface area (Å²) < 4.78 is 11.8. The molecule has 0 rings (SSSR count). The van der Waals surface area contributed by atoms with Crippen molar-refractivity contribution >= 4 is 14.8 Å². The van der Waals surface area contributed by atoms with Crippen LogP contribution in [0.3, 0.4) is 0 Å². The molecule has 1 unspecified atom stereocenters. The maximum atomic E-state index is 11.2. The van der Waals surface area contributed by atoms with Crippen molar-refractivity contribution in [2.24, 2.45) is 0 Å². The van der Waals surface area contributed by atoms with Gasteiger partial charge < -0.3 is 13.6 Å². The molecular formula is C12H26O3Si. The molecule has 0 radical (unpaired) electrons. The Morgan fingerprint density at radius 1 is 1.06 bits per heavy atom. The van der Waals surface area contributed by atoms with Gasteiger partial charge in [-0.15, -0.1) is 0 Å². The van der Waals surface area contributed by atoms with Crippen molar-refractivity contribution in [1.29, 1.82) is 0 Å². The Balaban J connectivity index is 4.85. The molecule has 0 aliphatic carbocycles. The molecule has 0 saturated carbocycles. The van der Waals surface area contributed by atoms with Crippen molar-refractivity contribution in [3.63, 3.8) is 0 Å². The highest BCUT2D eigenvalue weighted by Crippen LogP contribution is 2.32. The summed E-state index contributed by atoms with van der Waals surface area (Å²) in [5, 5.41) is 0. The van der Waals surface area contributed by atoms with Gasteiger partial charge in [0.25, 0.3) is 0 Å². The Hall–Kier alpha value is -0.193. The summed E-state index contributed by atoms with van der Waals surface area (Å²) in [5.74, 6) is 0. The van der Waals surface area contributed by atoms with E-state index in [0.717, 1.165) is 31.6 Å². The van der Waals surface area contributed by atoms with E-state index >= 15 is 0 Å². The predicted molar refractivity (Wildman–Crippen MR) is 68.8 cm³/mol. The molecule has 0 spiro atoms. The lowest BCUT2D eigenvalue weighted by Gasteiger charge is -2.34. The molecule has 0 aromatic heterocycles. The van der Waals surface area contributed by atoms with Crippen LogP contribution in [0.15, 0.2) is 0 Å². The van der Waals surface area contributed by atoms with Crippen LogP contribution in [0.1, 0.15) is 47.0 Å². The normalized spacial score (nSPS) is 13.8. The largest absolute Gasteiger partial charge is 0.394 e. The van der Waals surface area contributed by atoms with E-state index in [0.29, 0.717) is 13.2 Å². The highest BCUT2D eigenvalue weighted by atomic mass is 28.4. The third-order valence-corrected chi connectivity index (χ3v) is 7.01. The number of rotatable bonds is 10. The molecule has 0 heterocycles. The predicted octanol–water partition coefficient (Wildman–Crippen LogP) is 3.28. The van der Waals surface area contributed by atoms with Crippen LogP contribution in [0.4, 0.5) is 0 Å². The lowest BCUT2D eigenvalue weighted by Crippen LogP contribution is -2.47. The average molecular weight is 246 g/mol. The third kappa shape index (κ3) is 4.35. The van der Waals surface area contributed by atoms with E-state index in [1.807, 2.05) is 13.8 Å². The standard InChI is InChI=1S/C12H26O3Si/c1-5-9-12(11-13)16(10-6-2,14-7-3)15-8-4/h11-12H,5-10H2,1-4H3. The fourth-order valence-electron chi connectivity index (χ4n) is 2.13. The van der Waals surface area contributed by atoms with E-state index in [1.165, 1.54) is 0 Å². The van der Waals surface area contributed by atoms with Crippen LogP contribution >= 0.6 is 0 Å². The van der Waals surface area contributed by atoms with Crippen molar-refractivity contribution in [3.05, 3.63) is 0 Å². The molecule has 0 fully saturated rings. The fourth-order valence-corrected chi connectivity index (χ4v) is 5.91. The lowest BCUT2D eigenvalue weighted by molar-refractivity contribution is -0.108. The van der Waals surface area contributed by atoms with E-state index in [-0.39, 0.29) is 5.54 Å². The van der Waals surface area contributed by atoms with Crippen LogP contribution in [-0.4, -0.2) is 28.1 Å². The summed E-state index contributed by atoms with van der Waals surface area (Å²) in [6, 6.07) is 0.915. The highest BCUT2D eigenvalue weighted by Gasteiger charge is 2.44. The average Bonchev–Trinajstić information content (AvgIpc) is 2.26. The molecule has 96 valence electrons. The summed E-state index contributed by atoms with van der Waals surface area (Å²) >= 11 is 0. The van der Waals surface area contributed by atoms with Gasteiger partial charge >= 0.3 is 8.56 Å². The zero-order chi connectivity index (χ0) is 12.4. The van der Waals surface area contributed by atoms with Crippen molar-refractivity contribution in [3.8, 4) is 0 Å². The first-order valence-electron chi connectivity index (χ1n) is 6.43. The smallest absolute Gasteiger partial charge is 0.348 e. The Morgan fingerprint density at radius 2 is 1.62 bits per heavy atom. The number of hydrogen-bond donors (Lipinski definition) is 0. The van der Waals surface area contributed by atoms with E-state index in [2.05, 4.69) is 13.8 Å². The van der Waals surface area contributed by atoms with Gasteiger partial charge in [-0.3, -0.25) is 0 Å². The number of hydrogen-bond acceptors (Lipinski definition) is 3. The molecule has 0 aromatic rings. The molecule has 0 aromatic carbocycles. The molecular weight excluding hydrogens is 220 g/mol. The summed E-state index contributed by atoms with van der Waals surface area (Å²) in [4.78, 5) is 11.2. The van der Waals surface area contributed by atoms with Gasteiger partial charge in [0.1, 0.15) is 6.29 Å². The second-order valence-electron chi connectivity index (χ2n) is 3.96. The second-order valence-corrected chi connectivity index (χ2v) is 7.40. The van der Waals surface area contributed by atoms with Crippen LogP contribution in [0.2, 0.25) is 11.6 Å². The van der Waals surface area contributed by atoms with Gasteiger partial charge in [0.2, 0.25) is 0 Å². The zero-order valence-corrected chi connectivity index (χ0v) is 12.1. The van der Waals surface area contributed by atoms with Crippen LogP contribution in [0, 0.1) is 0 Å². The maximum absolute atomic E-state index is 11.2. The van der Waals surface area contributed by atoms with Crippen molar-refractivity contribution in [2.45, 2.75) is 58.5 Å². The number of carbonyl (C=O) groups excluding carboxylic acids is 1. The first kappa shape index (κ1) is 15.8. The Kier molecular flexibility index (Phi) is 8.79. The van der Waals surface area contributed by atoms with E-state index in [1.54, 1.807) is 0 Å². The van der Waals surface area contributed by atoms with Gasteiger partial charge in [-0.2, -0.15) is 0 Å². The van der Waals surface area contributed by atoms with Gasteiger partial charge in [0, 0.05) is 13.2 Å². The molecule has 4 heteroatoms. The molecule has 0 aliphatic rings. The molecule has 0 aliphatic heterocycles. The second kappa shape index (κ2) is 8.90. The lowest BCUT2D eigenvalue weighted by atomic mass is 10.3. The Labute approximate surface area is 101 Å². The summed E-state index contributed by atoms with van der Waals surface area (Å²) in [5.41, 5.74) is -0.0163. The van der Waals surface area contributed by atoms with Crippen molar-refractivity contribution in [2.75, 3.05) is 13.2 Å². The van der Waals surface area contributed by atoms with Gasteiger partial charge in [0.05, 0.1) is 5.54 Å². The molecule has 16 heavy (non-hydrogen) atoms. The minimum absolute atomic E-state index is 0.0163. The van der Waals surface area contributed by atoms with E-state index in [4.69, 9.17) is 8.85 Å². The van der Waals surface area contributed by atoms with Crippen LogP contribution in [0.5, 0.6) is 0 Å². The summed E-state index contributed by atoms with van der Waals surface area (Å²) in [6.45, 7) is 9.45. The van der Waals surface area contributed by atoms with Gasteiger partial charge in [-0.1, -0.05) is 26.7 Å². The zero-order valence-electron chi connectivity index (χ0n) is 11.1. The van der Waals surface area contributed by atoms with E-state index < -0.39 is 8.56 Å². The van der Waals surface area contributed by atoms with Crippen LogP contribution < -0.4 is 0 Å². The first-order valence-corrected chi connectivity index (χ1v) is 8.53. The summed E-state index contributed by atoms with van der Waals surface area (Å²) in [6.07, 6.45) is 3.95. The third-order valence-electron chi connectivity index (χ3n) is 2.70. The fraction of sp³-hybridized carbons (Fsp3) is 0.917. The molecule has 3 nitrogen and oxygen atoms in total. The molecule has 1 atom stereocenters. The Morgan fingerprint density at radius 3 is 1.94 bits per heavy atom. The van der Waals surface area contributed by atoms with E-state index in [9.17, 15) is 4.79 Å². The van der Waals surface area contributed by atoms with Gasteiger partial charge in [-0.05, 0) is 26.3 Å². The highest BCUT2D eigenvalue weighted by molar-refractivity contribution is 6.71. The Bertz CT molecular complexity index is 168. The molecule has 0 N–H and O–H groups in total. The van der Waals surface area contributed by atoms with Crippen LogP contribution in [0.25, 0.3) is 0 Å². The quantitative estimate of drug-likeness (QED) is 0.438.